The fourth-order valence-corrected chi connectivity index (χ4v) is 4.59. The van der Waals surface area contributed by atoms with Crippen LogP contribution in [0.25, 0.3) is 21.9 Å². The standard InChI is InChI=1S/C26H22O14/c27-7-14-18(32)21(35)22(36)25(39-14)16-11(30)5-10(29)15-19(33)17-13(38-24(15)16)6-12(31)23(20(17)34)40-26(37)8-1-3-9(28)4-2-8/h1-6,14,18,21-22,25,27-32,34-36H,7H2. The number of hydrogen-bond donors (Lipinski definition) is 9. The van der Waals surface area contributed by atoms with Crippen LogP contribution in [0.15, 0.2) is 45.6 Å². The number of hydrogen-bond acceptors (Lipinski definition) is 14. The number of phenols is 5. The molecule has 5 atom stereocenters. The Morgan fingerprint density at radius 1 is 0.850 bits per heavy atom. The molecule has 9 N–H and O–H groups in total. The molecule has 1 aliphatic heterocycles. The molecule has 40 heavy (non-hydrogen) atoms. The summed E-state index contributed by atoms with van der Waals surface area (Å²) in [5.41, 5.74) is -2.72. The van der Waals surface area contributed by atoms with E-state index in [1.54, 1.807) is 0 Å². The van der Waals surface area contributed by atoms with Crippen molar-refractivity contribution >= 4 is 27.9 Å². The Morgan fingerprint density at radius 3 is 2.17 bits per heavy atom. The fraction of sp³-hybridized carbons (Fsp3) is 0.231. The normalized spacial score (nSPS) is 22.9. The minimum Gasteiger partial charge on any atom is -0.508 e. The lowest BCUT2D eigenvalue weighted by Gasteiger charge is -2.40. The summed E-state index contributed by atoms with van der Waals surface area (Å²) >= 11 is 0. The van der Waals surface area contributed by atoms with Gasteiger partial charge in [-0.1, -0.05) is 0 Å². The van der Waals surface area contributed by atoms with Gasteiger partial charge >= 0.3 is 5.97 Å². The smallest absolute Gasteiger partial charge is 0.343 e. The molecular weight excluding hydrogens is 536 g/mol. The Balaban J connectivity index is 1.70. The number of aliphatic hydroxyl groups is 4. The van der Waals surface area contributed by atoms with Crippen molar-refractivity contribution in [3.63, 3.8) is 0 Å². The van der Waals surface area contributed by atoms with Crippen molar-refractivity contribution in [1.82, 2.24) is 0 Å². The van der Waals surface area contributed by atoms with Crippen LogP contribution in [0.2, 0.25) is 0 Å². The summed E-state index contributed by atoms with van der Waals surface area (Å²) in [4.78, 5) is 26.0. The first-order valence-corrected chi connectivity index (χ1v) is 11.7. The van der Waals surface area contributed by atoms with Crippen LogP contribution in [-0.2, 0) is 4.74 Å². The summed E-state index contributed by atoms with van der Waals surface area (Å²) in [6.45, 7) is -0.793. The zero-order chi connectivity index (χ0) is 29.0. The molecule has 4 aromatic rings. The van der Waals surface area contributed by atoms with Crippen LogP contribution in [0.1, 0.15) is 22.0 Å². The second-order valence-electron chi connectivity index (χ2n) is 9.10. The molecule has 0 radical (unpaired) electrons. The van der Waals surface area contributed by atoms with Gasteiger partial charge in [-0.2, -0.15) is 0 Å². The zero-order valence-corrected chi connectivity index (χ0v) is 20.1. The number of phenolic OH excluding ortho intramolecular Hbond substituents is 5. The maximum absolute atomic E-state index is 13.5. The van der Waals surface area contributed by atoms with Crippen molar-refractivity contribution in [3.8, 4) is 34.5 Å². The van der Waals surface area contributed by atoms with E-state index in [1.807, 2.05) is 0 Å². The number of rotatable bonds is 4. The lowest BCUT2D eigenvalue weighted by Crippen LogP contribution is -2.55. The van der Waals surface area contributed by atoms with E-state index in [0.717, 1.165) is 6.07 Å². The maximum Gasteiger partial charge on any atom is 0.343 e. The molecule has 0 bridgehead atoms. The molecule has 1 aromatic heterocycles. The number of carbonyl (C=O) groups is 1. The van der Waals surface area contributed by atoms with Crippen molar-refractivity contribution in [2.24, 2.45) is 0 Å². The Morgan fingerprint density at radius 2 is 1.52 bits per heavy atom. The molecule has 1 fully saturated rings. The van der Waals surface area contributed by atoms with E-state index in [0.29, 0.717) is 6.07 Å². The Labute approximate surface area is 222 Å². The minimum atomic E-state index is -1.90. The van der Waals surface area contributed by atoms with Crippen LogP contribution in [0.4, 0.5) is 0 Å². The van der Waals surface area contributed by atoms with Crippen LogP contribution in [0.3, 0.4) is 0 Å². The number of esters is 1. The van der Waals surface area contributed by atoms with Gasteiger partial charge in [0.15, 0.2) is 17.1 Å². The molecule has 1 saturated heterocycles. The van der Waals surface area contributed by atoms with Crippen LogP contribution in [0, 0.1) is 0 Å². The van der Waals surface area contributed by atoms with Crippen LogP contribution < -0.4 is 10.2 Å². The van der Waals surface area contributed by atoms with Crippen molar-refractivity contribution in [3.05, 3.63) is 57.7 Å². The van der Waals surface area contributed by atoms with Crippen molar-refractivity contribution in [2.75, 3.05) is 6.61 Å². The van der Waals surface area contributed by atoms with E-state index in [2.05, 4.69) is 0 Å². The van der Waals surface area contributed by atoms with Gasteiger partial charge in [-0.3, -0.25) is 4.79 Å². The Kier molecular flexibility index (Phi) is 6.65. The van der Waals surface area contributed by atoms with Gasteiger partial charge in [-0.15, -0.1) is 0 Å². The number of aromatic hydroxyl groups is 5. The third-order valence-corrected chi connectivity index (χ3v) is 6.62. The van der Waals surface area contributed by atoms with Crippen molar-refractivity contribution in [2.45, 2.75) is 30.5 Å². The fourth-order valence-electron chi connectivity index (χ4n) is 4.59. The maximum atomic E-state index is 13.5. The molecule has 5 unspecified atom stereocenters. The molecule has 3 aromatic carbocycles. The quantitative estimate of drug-likeness (QED) is 0.0923. The molecule has 14 heteroatoms. The van der Waals surface area contributed by atoms with Crippen LogP contribution >= 0.6 is 0 Å². The Hall–Kier alpha value is -4.60. The monoisotopic (exact) mass is 558 g/mol. The number of carbonyl (C=O) groups excluding carboxylic acids is 1. The van der Waals surface area contributed by atoms with E-state index in [-0.39, 0.29) is 11.3 Å². The second-order valence-corrected chi connectivity index (χ2v) is 9.10. The van der Waals surface area contributed by atoms with E-state index in [9.17, 15) is 55.5 Å². The van der Waals surface area contributed by atoms with Crippen molar-refractivity contribution in [1.29, 1.82) is 0 Å². The molecular formula is C26H22O14. The number of benzene rings is 3. The number of fused-ring (bicyclic) bond motifs is 2. The van der Waals surface area contributed by atoms with E-state index < -0.39 is 105 Å². The van der Waals surface area contributed by atoms with E-state index in [1.165, 1.54) is 24.3 Å². The average molecular weight is 558 g/mol. The van der Waals surface area contributed by atoms with E-state index in [4.69, 9.17) is 13.9 Å². The van der Waals surface area contributed by atoms with Crippen molar-refractivity contribution < 1.29 is 64.6 Å². The Bertz CT molecular complexity index is 1690. The highest BCUT2D eigenvalue weighted by atomic mass is 16.6. The summed E-state index contributed by atoms with van der Waals surface area (Å²) in [6, 6.07) is 6.34. The number of aliphatic hydroxyl groups excluding tert-OH is 4. The molecule has 0 saturated carbocycles. The minimum absolute atomic E-state index is 0.0699. The lowest BCUT2D eigenvalue weighted by molar-refractivity contribution is -0.231. The van der Waals surface area contributed by atoms with Gasteiger partial charge in [-0.25, -0.2) is 4.79 Å². The zero-order valence-electron chi connectivity index (χ0n) is 20.1. The molecule has 1 aliphatic rings. The van der Waals surface area contributed by atoms with Gasteiger partial charge in [0, 0.05) is 12.1 Å². The first-order valence-electron chi connectivity index (χ1n) is 11.7. The largest absolute Gasteiger partial charge is 0.508 e. The third kappa shape index (κ3) is 4.20. The summed E-state index contributed by atoms with van der Waals surface area (Å²) in [5.74, 6) is -5.47. The molecule has 5 rings (SSSR count). The summed E-state index contributed by atoms with van der Waals surface area (Å²) in [5, 5.41) is 91.0. The average Bonchev–Trinajstić information content (AvgIpc) is 2.90. The molecule has 14 nitrogen and oxygen atoms in total. The second kappa shape index (κ2) is 9.86. The van der Waals surface area contributed by atoms with Gasteiger partial charge in [-0.05, 0) is 24.3 Å². The highest BCUT2D eigenvalue weighted by molar-refractivity contribution is 6.01. The summed E-state index contributed by atoms with van der Waals surface area (Å²) in [6.07, 6.45) is -8.57. The SMILES string of the molecule is O=C(Oc1c(O)cc2oc3c(C4OC(CO)C(O)C(O)C4O)c(O)cc(O)c3c(=O)c2c1O)c1ccc(O)cc1. The van der Waals surface area contributed by atoms with Gasteiger partial charge < -0.3 is 59.8 Å². The van der Waals surface area contributed by atoms with E-state index >= 15 is 0 Å². The molecule has 210 valence electrons. The first kappa shape index (κ1) is 27.0. The van der Waals surface area contributed by atoms with Crippen LogP contribution in [-0.4, -0.2) is 83.0 Å². The molecule has 0 spiro atoms. The molecule has 0 amide bonds. The van der Waals surface area contributed by atoms with Gasteiger partial charge in [0.25, 0.3) is 0 Å². The van der Waals surface area contributed by atoms with Gasteiger partial charge in [0.2, 0.25) is 11.2 Å². The topological polar surface area (TPSA) is 248 Å². The van der Waals surface area contributed by atoms with Crippen LogP contribution in [0.5, 0.6) is 34.5 Å². The number of ether oxygens (including phenoxy) is 2. The lowest BCUT2D eigenvalue weighted by atomic mass is 9.89. The highest BCUT2D eigenvalue weighted by Gasteiger charge is 2.46. The highest BCUT2D eigenvalue weighted by Crippen LogP contribution is 2.46. The van der Waals surface area contributed by atoms with Gasteiger partial charge in [0.1, 0.15) is 64.1 Å². The first-order chi connectivity index (χ1) is 18.9. The molecule has 2 heterocycles. The molecule has 0 aliphatic carbocycles. The van der Waals surface area contributed by atoms with Gasteiger partial charge in [0.05, 0.1) is 17.7 Å². The summed E-state index contributed by atoms with van der Waals surface area (Å²) in [7, 11) is 0. The predicted octanol–water partition coefficient (Wildman–Crippen LogP) is 0.208. The third-order valence-electron chi connectivity index (χ3n) is 6.62. The predicted molar refractivity (Wildman–Crippen MR) is 132 cm³/mol. The summed E-state index contributed by atoms with van der Waals surface area (Å²) < 4.78 is 16.2.